The van der Waals surface area contributed by atoms with Crippen LogP contribution in [0.15, 0.2) is 28.4 Å². The van der Waals surface area contributed by atoms with Gasteiger partial charge in [-0.3, -0.25) is 9.59 Å². The zero-order chi connectivity index (χ0) is 19.3. The van der Waals surface area contributed by atoms with Gasteiger partial charge < -0.3 is 15.0 Å². The van der Waals surface area contributed by atoms with E-state index in [9.17, 15) is 9.59 Å². The number of benzene rings is 1. The Morgan fingerprint density at radius 2 is 2.19 bits per heavy atom. The van der Waals surface area contributed by atoms with Crippen LogP contribution in [-0.2, 0) is 9.59 Å². The summed E-state index contributed by atoms with van der Waals surface area (Å²) in [5, 5.41) is 11.0. The standard InChI is InChI=1S/C20H24N4O3/c1-3-4-11-20(22-23-20)12-10-18(25)21-15-8-9-17(27-2)16(14-15)24-13-6-5-7-19(24)26/h1,8-9,14H,4-7,10-13H2,2H3,(H,21,25). The molecule has 0 spiro atoms. The number of ether oxygens (including phenoxy) is 1. The lowest BCUT2D eigenvalue weighted by atomic mass is 10.0. The second-order valence-electron chi connectivity index (χ2n) is 6.82. The Labute approximate surface area is 159 Å². The van der Waals surface area contributed by atoms with Crippen molar-refractivity contribution in [2.75, 3.05) is 23.9 Å². The predicted molar refractivity (Wildman–Crippen MR) is 103 cm³/mol. The quantitative estimate of drug-likeness (QED) is 0.713. The first-order valence-corrected chi connectivity index (χ1v) is 9.23. The van der Waals surface area contributed by atoms with E-state index in [1.165, 1.54) is 0 Å². The maximum absolute atomic E-state index is 12.3. The van der Waals surface area contributed by atoms with Crippen LogP contribution >= 0.6 is 0 Å². The molecule has 1 fully saturated rings. The average molecular weight is 368 g/mol. The predicted octanol–water partition coefficient (Wildman–Crippen LogP) is 3.51. The van der Waals surface area contributed by atoms with Gasteiger partial charge in [0, 0.05) is 44.3 Å². The molecule has 0 saturated carbocycles. The first-order valence-electron chi connectivity index (χ1n) is 9.23. The molecule has 7 nitrogen and oxygen atoms in total. The summed E-state index contributed by atoms with van der Waals surface area (Å²) in [5.41, 5.74) is 0.865. The Morgan fingerprint density at radius 3 is 2.85 bits per heavy atom. The van der Waals surface area contributed by atoms with Gasteiger partial charge in [-0.15, -0.1) is 12.3 Å². The van der Waals surface area contributed by atoms with Gasteiger partial charge in [-0.25, -0.2) is 0 Å². The molecule has 1 saturated heterocycles. The van der Waals surface area contributed by atoms with Crippen molar-refractivity contribution in [1.82, 2.24) is 0 Å². The van der Waals surface area contributed by atoms with Crippen LogP contribution in [0.2, 0.25) is 0 Å². The van der Waals surface area contributed by atoms with Gasteiger partial charge in [-0.05, 0) is 31.0 Å². The molecule has 2 heterocycles. The van der Waals surface area contributed by atoms with Crippen molar-refractivity contribution in [2.45, 2.75) is 50.6 Å². The molecule has 0 radical (unpaired) electrons. The third-order valence-electron chi connectivity index (χ3n) is 4.88. The summed E-state index contributed by atoms with van der Waals surface area (Å²) in [4.78, 5) is 26.3. The molecule has 0 aliphatic carbocycles. The molecule has 1 N–H and O–H groups in total. The van der Waals surface area contributed by atoms with Crippen LogP contribution in [0, 0.1) is 12.3 Å². The maximum Gasteiger partial charge on any atom is 0.227 e. The van der Waals surface area contributed by atoms with Crippen LogP contribution in [0.4, 0.5) is 11.4 Å². The number of rotatable bonds is 8. The minimum absolute atomic E-state index is 0.0791. The van der Waals surface area contributed by atoms with Crippen molar-refractivity contribution >= 4 is 23.2 Å². The largest absolute Gasteiger partial charge is 0.495 e. The first kappa shape index (κ1) is 18.9. The minimum atomic E-state index is -0.463. The molecule has 0 bridgehead atoms. The lowest BCUT2D eigenvalue weighted by Gasteiger charge is -2.28. The molecule has 1 aromatic rings. The lowest BCUT2D eigenvalue weighted by molar-refractivity contribution is -0.119. The van der Waals surface area contributed by atoms with E-state index < -0.39 is 5.66 Å². The topological polar surface area (TPSA) is 83.4 Å². The summed E-state index contributed by atoms with van der Waals surface area (Å²) in [6, 6.07) is 5.33. The zero-order valence-electron chi connectivity index (χ0n) is 15.5. The third kappa shape index (κ3) is 4.64. The number of methoxy groups -OCH3 is 1. The molecule has 0 atom stereocenters. The number of carbonyl (C=O) groups is 2. The Bertz CT molecular complexity index is 791. The Morgan fingerprint density at radius 1 is 1.37 bits per heavy atom. The molecule has 2 aliphatic rings. The van der Waals surface area contributed by atoms with Crippen LogP contribution in [0.1, 0.15) is 44.9 Å². The number of amides is 2. The normalized spacial score (nSPS) is 17.3. The maximum atomic E-state index is 12.3. The SMILES string of the molecule is C#CCCC1(CCC(=O)Nc2ccc(OC)c(N3CCCCC3=O)c2)N=N1. The molecule has 27 heavy (non-hydrogen) atoms. The molecule has 3 rings (SSSR count). The van der Waals surface area contributed by atoms with Crippen LogP contribution < -0.4 is 15.0 Å². The van der Waals surface area contributed by atoms with Gasteiger partial charge >= 0.3 is 0 Å². The van der Waals surface area contributed by atoms with Crippen LogP contribution in [0.25, 0.3) is 0 Å². The van der Waals surface area contributed by atoms with Crippen molar-refractivity contribution in [3.8, 4) is 18.1 Å². The van der Waals surface area contributed by atoms with E-state index in [2.05, 4.69) is 21.5 Å². The molecule has 142 valence electrons. The van der Waals surface area contributed by atoms with Crippen molar-refractivity contribution in [2.24, 2.45) is 10.2 Å². The summed E-state index contributed by atoms with van der Waals surface area (Å²) in [6.07, 6.45) is 9.81. The number of nitrogens with zero attached hydrogens (tertiary/aromatic N) is 3. The molecule has 0 aromatic heterocycles. The Hall–Kier alpha value is -2.88. The van der Waals surface area contributed by atoms with Gasteiger partial charge in [0.1, 0.15) is 5.75 Å². The van der Waals surface area contributed by atoms with E-state index in [-0.39, 0.29) is 11.8 Å². The van der Waals surface area contributed by atoms with Gasteiger partial charge in [-0.1, -0.05) is 0 Å². The van der Waals surface area contributed by atoms with Crippen LogP contribution in [-0.4, -0.2) is 31.1 Å². The smallest absolute Gasteiger partial charge is 0.227 e. The number of nitrogens with one attached hydrogen (secondary N) is 1. The molecule has 7 heteroatoms. The van der Waals surface area contributed by atoms with E-state index in [1.54, 1.807) is 30.2 Å². The van der Waals surface area contributed by atoms with E-state index in [0.717, 1.165) is 12.8 Å². The number of hydrogen-bond acceptors (Lipinski definition) is 5. The van der Waals surface area contributed by atoms with E-state index in [1.807, 2.05) is 0 Å². The summed E-state index contributed by atoms with van der Waals surface area (Å²) < 4.78 is 5.40. The fourth-order valence-electron chi connectivity index (χ4n) is 3.24. The first-order chi connectivity index (χ1) is 13.1. The monoisotopic (exact) mass is 368 g/mol. The van der Waals surface area contributed by atoms with Crippen molar-refractivity contribution in [1.29, 1.82) is 0 Å². The molecule has 1 aromatic carbocycles. The number of anilines is 2. The highest BCUT2D eigenvalue weighted by molar-refractivity contribution is 5.97. The number of carbonyl (C=O) groups excluding carboxylic acids is 2. The second-order valence-corrected chi connectivity index (χ2v) is 6.82. The van der Waals surface area contributed by atoms with Gasteiger partial charge in [0.15, 0.2) is 5.66 Å². The number of terminal acetylenes is 1. The van der Waals surface area contributed by atoms with Gasteiger partial charge in [-0.2, -0.15) is 10.2 Å². The molecular weight excluding hydrogens is 344 g/mol. The fraction of sp³-hybridized carbons (Fsp3) is 0.500. The molecule has 2 aliphatic heterocycles. The summed E-state index contributed by atoms with van der Waals surface area (Å²) in [5.74, 6) is 3.16. The van der Waals surface area contributed by atoms with Gasteiger partial charge in [0.05, 0.1) is 12.8 Å². The van der Waals surface area contributed by atoms with Crippen molar-refractivity contribution in [3.05, 3.63) is 18.2 Å². The van der Waals surface area contributed by atoms with E-state index >= 15 is 0 Å². The third-order valence-corrected chi connectivity index (χ3v) is 4.88. The number of hydrogen-bond donors (Lipinski definition) is 1. The van der Waals surface area contributed by atoms with Crippen LogP contribution in [0.5, 0.6) is 5.75 Å². The highest BCUT2D eigenvalue weighted by atomic mass is 16.5. The van der Waals surface area contributed by atoms with Crippen molar-refractivity contribution in [3.63, 3.8) is 0 Å². The second kappa shape index (κ2) is 8.21. The fourth-order valence-corrected chi connectivity index (χ4v) is 3.24. The molecule has 0 unspecified atom stereocenters. The highest BCUT2D eigenvalue weighted by Crippen LogP contribution is 2.38. The number of piperidine rings is 1. The minimum Gasteiger partial charge on any atom is -0.495 e. The highest BCUT2D eigenvalue weighted by Gasteiger charge is 2.39. The van der Waals surface area contributed by atoms with E-state index in [4.69, 9.17) is 11.2 Å². The summed E-state index contributed by atoms with van der Waals surface area (Å²) in [7, 11) is 1.57. The zero-order valence-corrected chi connectivity index (χ0v) is 15.5. The Balaban J connectivity index is 1.63. The van der Waals surface area contributed by atoms with Gasteiger partial charge in [0.2, 0.25) is 11.8 Å². The van der Waals surface area contributed by atoms with Crippen molar-refractivity contribution < 1.29 is 14.3 Å². The van der Waals surface area contributed by atoms with Crippen LogP contribution in [0.3, 0.4) is 0 Å². The summed E-state index contributed by atoms with van der Waals surface area (Å²) in [6.45, 7) is 0.660. The Kier molecular flexibility index (Phi) is 5.75. The van der Waals surface area contributed by atoms with Gasteiger partial charge in [0.25, 0.3) is 0 Å². The lowest BCUT2D eigenvalue weighted by Crippen LogP contribution is -2.35. The average Bonchev–Trinajstić information content (AvgIpc) is 3.45. The molecule has 2 amide bonds. The summed E-state index contributed by atoms with van der Waals surface area (Å²) >= 11 is 0. The molecular formula is C20H24N4O3. The van der Waals surface area contributed by atoms with E-state index in [0.29, 0.717) is 55.8 Å².